The number of esters is 1. The van der Waals surface area contributed by atoms with Gasteiger partial charge in [-0.2, -0.15) is 0 Å². The topological polar surface area (TPSA) is 61.3 Å². The first-order chi connectivity index (χ1) is 7.63. The number of alkyl halides is 1. The van der Waals surface area contributed by atoms with E-state index < -0.39 is 6.10 Å². The van der Waals surface area contributed by atoms with Crippen molar-refractivity contribution in [3.8, 4) is 5.88 Å². The summed E-state index contributed by atoms with van der Waals surface area (Å²) in [6, 6.07) is 0. The number of rotatable bonds is 5. The van der Waals surface area contributed by atoms with Gasteiger partial charge in [0.2, 0.25) is 5.88 Å². The molecule has 0 saturated carbocycles. The molecule has 1 atom stereocenters. The summed E-state index contributed by atoms with van der Waals surface area (Å²) in [6.45, 7) is 3.28. The predicted octanol–water partition coefficient (Wildman–Crippen LogP) is 1.33. The lowest BCUT2D eigenvalue weighted by atomic mass is 10.4. The van der Waals surface area contributed by atoms with Crippen LogP contribution in [0.4, 0.5) is 0 Å². The Bertz CT molecular complexity index is 360. The highest BCUT2D eigenvalue weighted by Crippen LogP contribution is 2.10. The maximum Gasteiger partial charge on any atom is 0.303 e. The van der Waals surface area contributed by atoms with E-state index in [0.29, 0.717) is 11.6 Å². The molecule has 1 heterocycles. The quantitative estimate of drug-likeness (QED) is 0.578. The predicted molar refractivity (Wildman–Crippen MR) is 58.5 cm³/mol. The first kappa shape index (κ1) is 12.7. The Kier molecular flexibility index (Phi) is 4.98. The minimum atomic E-state index is -0.472. The molecule has 16 heavy (non-hydrogen) atoms. The van der Waals surface area contributed by atoms with Gasteiger partial charge in [0.15, 0.2) is 0 Å². The van der Waals surface area contributed by atoms with Crippen molar-refractivity contribution in [1.29, 1.82) is 0 Å². The van der Waals surface area contributed by atoms with Crippen LogP contribution in [0.2, 0.25) is 0 Å². The second kappa shape index (κ2) is 6.27. The number of carbonyl (C=O) groups is 1. The fourth-order valence-electron chi connectivity index (χ4n) is 1.05. The molecule has 0 N–H and O–H groups in total. The van der Waals surface area contributed by atoms with Crippen LogP contribution in [0.3, 0.4) is 0 Å². The summed E-state index contributed by atoms with van der Waals surface area (Å²) in [4.78, 5) is 18.7. The van der Waals surface area contributed by atoms with Gasteiger partial charge in [-0.15, -0.1) is 11.6 Å². The van der Waals surface area contributed by atoms with E-state index in [1.165, 1.54) is 13.1 Å². The van der Waals surface area contributed by atoms with Crippen molar-refractivity contribution in [2.75, 3.05) is 12.5 Å². The highest BCUT2D eigenvalue weighted by molar-refractivity contribution is 6.18. The molecule has 0 amide bonds. The second-order valence-corrected chi connectivity index (χ2v) is 3.45. The van der Waals surface area contributed by atoms with Crippen molar-refractivity contribution >= 4 is 17.6 Å². The van der Waals surface area contributed by atoms with Crippen molar-refractivity contribution in [2.45, 2.75) is 20.0 Å². The Morgan fingerprint density at radius 2 is 2.19 bits per heavy atom. The summed E-state index contributed by atoms with van der Waals surface area (Å²) in [5, 5.41) is 0. The van der Waals surface area contributed by atoms with Crippen LogP contribution < -0.4 is 4.74 Å². The third-order valence-corrected chi connectivity index (χ3v) is 2.09. The number of carbonyl (C=O) groups excluding carboxylic acids is 1. The van der Waals surface area contributed by atoms with Gasteiger partial charge in [0.05, 0.1) is 11.6 Å². The van der Waals surface area contributed by atoms with Crippen LogP contribution in [-0.4, -0.2) is 34.5 Å². The minimum Gasteiger partial charge on any atom is -0.472 e. The zero-order chi connectivity index (χ0) is 12.0. The second-order valence-electron chi connectivity index (χ2n) is 3.14. The highest BCUT2D eigenvalue weighted by Gasteiger charge is 2.12. The summed E-state index contributed by atoms with van der Waals surface area (Å²) >= 11 is 5.62. The Balaban J connectivity index is 2.49. The summed E-state index contributed by atoms with van der Waals surface area (Å²) in [5.74, 6) is 0.216. The molecule has 0 aromatic carbocycles. The molecule has 0 aliphatic carbocycles. The first-order valence-electron chi connectivity index (χ1n) is 4.77. The molecule has 0 spiro atoms. The Hall–Kier alpha value is -1.36. The van der Waals surface area contributed by atoms with Crippen molar-refractivity contribution in [1.82, 2.24) is 9.97 Å². The minimum absolute atomic E-state index is 0.169. The molecule has 1 aromatic rings. The number of hydrogen-bond acceptors (Lipinski definition) is 5. The summed E-state index contributed by atoms with van der Waals surface area (Å²) in [5.41, 5.74) is 0.679. The third-order valence-electron chi connectivity index (χ3n) is 1.75. The maximum atomic E-state index is 10.7. The van der Waals surface area contributed by atoms with Gasteiger partial charge in [-0.05, 0) is 6.92 Å². The van der Waals surface area contributed by atoms with E-state index in [9.17, 15) is 4.79 Å². The number of ether oxygens (including phenoxy) is 2. The van der Waals surface area contributed by atoms with Crippen LogP contribution in [0.25, 0.3) is 0 Å². The van der Waals surface area contributed by atoms with E-state index in [4.69, 9.17) is 21.1 Å². The average Bonchev–Trinajstić information content (AvgIpc) is 2.25. The molecule has 5 nitrogen and oxygen atoms in total. The Labute approximate surface area is 98.8 Å². The lowest BCUT2D eigenvalue weighted by molar-refractivity contribution is -0.146. The number of halogens is 1. The monoisotopic (exact) mass is 244 g/mol. The largest absolute Gasteiger partial charge is 0.472 e. The molecule has 6 heteroatoms. The number of aromatic nitrogens is 2. The summed E-state index contributed by atoms with van der Waals surface area (Å²) < 4.78 is 10.3. The smallest absolute Gasteiger partial charge is 0.303 e. The van der Waals surface area contributed by atoms with Crippen LogP contribution >= 0.6 is 11.6 Å². The third kappa shape index (κ3) is 4.02. The Morgan fingerprint density at radius 3 is 2.75 bits per heavy atom. The van der Waals surface area contributed by atoms with Crippen LogP contribution in [-0.2, 0) is 9.53 Å². The van der Waals surface area contributed by atoms with Crippen LogP contribution in [0.15, 0.2) is 12.4 Å². The van der Waals surface area contributed by atoms with Crippen molar-refractivity contribution < 1.29 is 14.3 Å². The molecule has 88 valence electrons. The van der Waals surface area contributed by atoms with Crippen LogP contribution in [0, 0.1) is 6.92 Å². The maximum absolute atomic E-state index is 10.7. The number of nitrogens with zero attached hydrogens (tertiary/aromatic N) is 2. The van der Waals surface area contributed by atoms with E-state index in [-0.39, 0.29) is 18.5 Å². The molecule has 0 fully saturated rings. The van der Waals surface area contributed by atoms with Gasteiger partial charge in [-0.3, -0.25) is 9.78 Å². The van der Waals surface area contributed by atoms with Gasteiger partial charge in [-0.25, -0.2) is 4.98 Å². The van der Waals surface area contributed by atoms with Gasteiger partial charge in [0, 0.05) is 19.3 Å². The van der Waals surface area contributed by atoms with Gasteiger partial charge in [-0.1, -0.05) is 0 Å². The zero-order valence-corrected chi connectivity index (χ0v) is 9.90. The molecule has 0 aliphatic heterocycles. The van der Waals surface area contributed by atoms with E-state index in [2.05, 4.69) is 9.97 Å². The highest BCUT2D eigenvalue weighted by atomic mass is 35.5. The molecule has 1 unspecified atom stereocenters. The first-order valence-corrected chi connectivity index (χ1v) is 5.30. The number of hydrogen-bond donors (Lipinski definition) is 0. The molecular formula is C10H13ClN2O3. The van der Waals surface area contributed by atoms with Crippen molar-refractivity contribution in [2.24, 2.45) is 0 Å². The summed E-state index contributed by atoms with van der Waals surface area (Å²) in [6.07, 6.45) is 2.64. The lowest BCUT2D eigenvalue weighted by Crippen LogP contribution is -2.26. The van der Waals surface area contributed by atoms with Crippen LogP contribution in [0.5, 0.6) is 5.88 Å². The normalized spacial score (nSPS) is 11.9. The van der Waals surface area contributed by atoms with E-state index in [1.807, 2.05) is 0 Å². The standard InChI is InChI=1S/C10H13ClN2O3/c1-7-10(13-4-3-12-7)15-6-9(5-11)16-8(2)14/h3-4,9H,5-6H2,1-2H3. The summed E-state index contributed by atoms with van der Waals surface area (Å²) in [7, 11) is 0. The lowest BCUT2D eigenvalue weighted by Gasteiger charge is -2.14. The fraction of sp³-hybridized carbons (Fsp3) is 0.500. The van der Waals surface area contributed by atoms with Gasteiger partial charge >= 0.3 is 5.97 Å². The van der Waals surface area contributed by atoms with E-state index in [1.54, 1.807) is 13.1 Å². The molecule has 0 radical (unpaired) electrons. The average molecular weight is 245 g/mol. The zero-order valence-electron chi connectivity index (χ0n) is 9.14. The molecule has 0 saturated heterocycles. The van der Waals surface area contributed by atoms with Gasteiger partial charge in [0.25, 0.3) is 0 Å². The van der Waals surface area contributed by atoms with E-state index in [0.717, 1.165) is 0 Å². The SMILES string of the molecule is CC(=O)OC(CCl)COc1nccnc1C. The van der Waals surface area contributed by atoms with Gasteiger partial charge < -0.3 is 9.47 Å². The molecule has 0 aliphatic rings. The van der Waals surface area contributed by atoms with Crippen LogP contribution in [0.1, 0.15) is 12.6 Å². The number of aryl methyl sites for hydroxylation is 1. The molecular weight excluding hydrogens is 232 g/mol. The molecule has 1 rings (SSSR count). The molecule has 1 aromatic heterocycles. The van der Waals surface area contributed by atoms with Gasteiger partial charge in [0.1, 0.15) is 12.7 Å². The fourth-order valence-corrected chi connectivity index (χ4v) is 1.21. The Morgan fingerprint density at radius 1 is 1.50 bits per heavy atom. The van der Waals surface area contributed by atoms with E-state index >= 15 is 0 Å². The van der Waals surface area contributed by atoms with Crippen molar-refractivity contribution in [3.63, 3.8) is 0 Å². The van der Waals surface area contributed by atoms with Crippen molar-refractivity contribution in [3.05, 3.63) is 18.1 Å². The molecule has 0 bridgehead atoms.